The molecule has 0 radical (unpaired) electrons. The second kappa shape index (κ2) is 7.36. The standard InChI is InChI=1S/C17H18N6O/c1-13-21-15(12-16(22-13)23-10-4-5-11-23)19-8-9-20-17(24)14-6-2-3-7-18-14/h2-7,10-12H,8-9H2,1H3,(H,20,24)(H,19,21,22). The van der Waals surface area contributed by atoms with Crippen LogP contribution in [0.2, 0.25) is 0 Å². The predicted molar refractivity (Wildman–Crippen MR) is 91.2 cm³/mol. The van der Waals surface area contributed by atoms with E-state index in [-0.39, 0.29) is 5.91 Å². The minimum atomic E-state index is -0.190. The molecule has 3 rings (SSSR count). The SMILES string of the molecule is Cc1nc(NCCNC(=O)c2ccccn2)cc(-n2cccc2)n1. The van der Waals surface area contributed by atoms with Crippen LogP contribution in [0, 0.1) is 6.92 Å². The molecule has 0 atom stereocenters. The Hall–Kier alpha value is -3.22. The zero-order chi connectivity index (χ0) is 16.8. The van der Waals surface area contributed by atoms with Crippen molar-refractivity contribution in [2.45, 2.75) is 6.92 Å². The summed E-state index contributed by atoms with van der Waals surface area (Å²) < 4.78 is 1.92. The van der Waals surface area contributed by atoms with Crippen molar-refractivity contribution in [1.29, 1.82) is 0 Å². The number of amides is 1. The maximum absolute atomic E-state index is 11.9. The van der Waals surface area contributed by atoms with E-state index in [1.54, 1.807) is 24.4 Å². The molecule has 3 heterocycles. The van der Waals surface area contributed by atoms with Gasteiger partial charge in [-0.25, -0.2) is 9.97 Å². The van der Waals surface area contributed by atoms with Crippen LogP contribution in [0.5, 0.6) is 0 Å². The second-order valence-electron chi connectivity index (χ2n) is 5.15. The zero-order valence-electron chi connectivity index (χ0n) is 13.3. The lowest BCUT2D eigenvalue weighted by Crippen LogP contribution is -2.29. The Morgan fingerprint density at radius 1 is 1.12 bits per heavy atom. The minimum Gasteiger partial charge on any atom is -0.368 e. The van der Waals surface area contributed by atoms with Crippen molar-refractivity contribution in [2.24, 2.45) is 0 Å². The molecule has 3 aromatic heterocycles. The number of pyridine rings is 1. The molecular weight excluding hydrogens is 304 g/mol. The second-order valence-corrected chi connectivity index (χ2v) is 5.15. The summed E-state index contributed by atoms with van der Waals surface area (Å²) >= 11 is 0. The van der Waals surface area contributed by atoms with E-state index in [2.05, 4.69) is 25.6 Å². The van der Waals surface area contributed by atoms with Crippen LogP contribution < -0.4 is 10.6 Å². The van der Waals surface area contributed by atoms with Gasteiger partial charge in [0.2, 0.25) is 0 Å². The predicted octanol–water partition coefficient (Wildman–Crippen LogP) is 1.81. The topological polar surface area (TPSA) is 84.7 Å². The molecule has 7 heteroatoms. The van der Waals surface area contributed by atoms with Gasteiger partial charge in [-0.1, -0.05) is 6.07 Å². The molecule has 0 bridgehead atoms. The third-order valence-electron chi connectivity index (χ3n) is 3.31. The number of aromatic nitrogens is 4. The quantitative estimate of drug-likeness (QED) is 0.676. The molecule has 0 saturated carbocycles. The fraction of sp³-hybridized carbons (Fsp3) is 0.176. The Balaban J connectivity index is 1.54. The minimum absolute atomic E-state index is 0.190. The third kappa shape index (κ3) is 3.95. The number of rotatable bonds is 6. The fourth-order valence-electron chi connectivity index (χ4n) is 2.22. The van der Waals surface area contributed by atoms with Gasteiger partial charge in [0.15, 0.2) is 0 Å². The number of carbonyl (C=O) groups excluding carboxylic acids is 1. The van der Waals surface area contributed by atoms with E-state index in [1.807, 2.05) is 42.1 Å². The number of nitrogens with zero attached hydrogens (tertiary/aromatic N) is 4. The van der Waals surface area contributed by atoms with Gasteiger partial charge in [0.25, 0.3) is 5.91 Å². The highest BCUT2D eigenvalue weighted by Gasteiger charge is 2.06. The summed E-state index contributed by atoms with van der Waals surface area (Å²) in [5, 5.41) is 6.01. The van der Waals surface area contributed by atoms with Crippen molar-refractivity contribution in [3.8, 4) is 5.82 Å². The zero-order valence-corrected chi connectivity index (χ0v) is 13.3. The van der Waals surface area contributed by atoms with E-state index in [0.29, 0.717) is 24.6 Å². The first-order valence-corrected chi connectivity index (χ1v) is 7.64. The normalized spacial score (nSPS) is 10.4. The first-order valence-electron chi connectivity index (χ1n) is 7.64. The van der Waals surface area contributed by atoms with Crippen LogP contribution >= 0.6 is 0 Å². The summed E-state index contributed by atoms with van der Waals surface area (Å²) in [5.74, 6) is 2.01. The van der Waals surface area contributed by atoms with Gasteiger partial charge in [0, 0.05) is 37.7 Å². The molecule has 0 aromatic carbocycles. The van der Waals surface area contributed by atoms with E-state index >= 15 is 0 Å². The van der Waals surface area contributed by atoms with Crippen LogP contribution in [0.1, 0.15) is 16.3 Å². The van der Waals surface area contributed by atoms with Crippen molar-refractivity contribution >= 4 is 11.7 Å². The monoisotopic (exact) mass is 322 g/mol. The Morgan fingerprint density at radius 2 is 1.96 bits per heavy atom. The lowest BCUT2D eigenvalue weighted by Gasteiger charge is -2.10. The summed E-state index contributed by atoms with van der Waals surface area (Å²) in [5.41, 5.74) is 0.408. The van der Waals surface area contributed by atoms with E-state index < -0.39 is 0 Å². The summed E-state index contributed by atoms with van der Waals surface area (Å²) in [4.78, 5) is 24.7. The number of aryl methyl sites for hydroxylation is 1. The molecular formula is C17H18N6O. The van der Waals surface area contributed by atoms with Gasteiger partial charge >= 0.3 is 0 Å². The van der Waals surface area contributed by atoms with Gasteiger partial charge < -0.3 is 15.2 Å². The average Bonchev–Trinajstić information content (AvgIpc) is 3.13. The van der Waals surface area contributed by atoms with Crippen molar-refractivity contribution in [1.82, 2.24) is 24.8 Å². The molecule has 0 aliphatic carbocycles. The number of nitrogens with one attached hydrogen (secondary N) is 2. The average molecular weight is 322 g/mol. The van der Waals surface area contributed by atoms with Crippen LogP contribution in [0.25, 0.3) is 5.82 Å². The molecule has 7 nitrogen and oxygen atoms in total. The van der Waals surface area contributed by atoms with Crippen LogP contribution in [0.4, 0.5) is 5.82 Å². The maximum Gasteiger partial charge on any atom is 0.269 e. The maximum atomic E-state index is 11.9. The molecule has 24 heavy (non-hydrogen) atoms. The van der Waals surface area contributed by atoms with Crippen molar-refractivity contribution < 1.29 is 4.79 Å². The molecule has 1 amide bonds. The van der Waals surface area contributed by atoms with Gasteiger partial charge in [-0.2, -0.15) is 0 Å². The van der Waals surface area contributed by atoms with Crippen molar-refractivity contribution in [3.63, 3.8) is 0 Å². The molecule has 0 saturated heterocycles. The molecule has 0 aliphatic rings. The Bertz CT molecular complexity index is 801. The third-order valence-corrected chi connectivity index (χ3v) is 3.31. The van der Waals surface area contributed by atoms with Gasteiger partial charge in [-0.3, -0.25) is 9.78 Å². The van der Waals surface area contributed by atoms with Crippen LogP contribution in [-0.2, 0) is 0 Å². The van der Waals surface area contributed by atoms with Gasteiger partial charge in [-0.15, -0.1) is 0 Å². The number of carbonyl (C=O) groups is 1. The van der Waals surface area contributed by atoms with Crippen molar-refractivity contribution in [2.75, 3.05) is 18.4 Å². The van der Waals surface area contributed by atoms with E-state index in [1.165, 1.54) is 0 Å². The number of hydrogen-bond donors (Lipinski definition) is 2. The molecule has 0 fully saturated rings. The molecule has 3 aromatic rings. The van der Waals surface area contributed by atoms with Gasteiger partial charge in [0.1, 0.15) is 23.2 Å². The Morgan fingerprint density at radius 3 is 2.71 bits per heavy atom. The summed E-state index contributed by atoms with van der Waals surface area (Å²) in [6.45, 7) is 2.87. The van der Waals surface area contributed by atoms with Crippen LogP contribution in [0.15, 0.2) is 55.0 Å². The highest BCUT2D eigenvalue weighted by molar-refractivity contribution is 5.92. The molecule has 2 N–H and O–H groups in total. The summed E-state index contributed by atoms with van der Waals surface area (Å²) in [7, 11) is 0. The summed E-state index contributed by atoms with van der Waals surface area (Å²) in [6.07, 6.45) is 5.46. The highest BCUT2D eigenvalue weighted by atomic mass is 16.1. The molecule has 0 aliphatic heterocycles. The molecule has 0 spiro atoms. The molecule has 0 unspecified atom stereocenters. The van der Waals surface area contributed by atoms with Gasteiger partial charge in [0.05, 0.1) is 0 Å². The fourth-order valence-corrected chi connectivity index (χ4v) is 2.22. The largest absolute Gasteiger partial charge is 0.368 e. The van der Waals surface area contributed by atoms with Crippen molar-refractivity contribution in [3.05, 3.63) is 66.5 Å². The molecule has 122 valence electrons. The first-order chi connectivity index (χ1) is 11.7. The number of hydrogen-bond acceptors (Lipinski definition) is 5. The van der Waals surface area contributed by atoms with Crippen LogP contribution in [-0.4, -0.2) is 38.5 Å². The van der Waals surface area contributed by atoms with E-state index in [0.717, 1.165) is 11.6 Å². The lowest BCUT2D eigenvalue weighted by atomic mass is 10.3. The van der Waals surface area contributed by atoms with Gasteiger partial charge in [-0.05, 0) is 31.2 Å². The highest BCUT2D eigenvalue weighted by Crippen LogP contribution is 2.10. The lowest BCUT2D eigenvalue weighted by molar-refractivity contribution is 0.0950. The van der Waals surface area contributed by atoms with E-state index in [9.17, 15) is 4.79 Å². The number of anilines is 1. The Labute approximate surface area is 139 Å². The van der Waals surface area contributed by atoms with Crippen LogP contribution in [0.3, 0.4) is 0 Å². The smallest absolute Gasteiger partial charge is 0.269 e. The Kier molecular flexibility index (Phi) is 4.81. The summed E-state index contributed by atoms with van der Waals surface area (Å²) in [6, 6.07) is 11.0. The first kappa shape index (κ1) is 15.7. The van der Waals surface area contributed by atoms with E-state index in [4.69, 9.17) is 0 Å².